The van der Waals surface area contributed by atoms with E-state index in [1.54, 1.807) is 12.1 Å². The van der Waals surface area contributed by atoms with Gasteiger partial charge in [-0.3, -0.25) is 9.78 Å². The molecule has 3 rings (SSSR count). The first-order chi connectivity index (χ1) is 12.6. The number of morpholine rings is 1. The van der Waals surface area contributed by atoms with E-state index >= 15 is 0 Å². The molecule has 0 bridgehead atoms. The van der Waals surface area contributed by atoms with Crippen LogP contribution in [0, 0.1) is 6.92 Å². The molecule has 1 amide bonds. The van der Waals surface area contributed by atoms with Crippen molar-refractivity contribution in [1.29, 1.82) is 0 Å². The number of benzene rings is 1. The first-order valence-corrected chi connectivity index (χ1v) is 8.44. The van der Waals surface area contributed by atoms with Crippen LogP contribution in [0.3, 0.4) is 0 Å². The number of anilines is 2. The smallest absolute Gasteiger partial charge is 0.340 e. The van der Waals surface area contributed by atoms with Crippen LogP contribution in [-0.4, -0.2) is 49.8 Å². The number of hydrogen-bond donors (Lipinski definition) is 1. The highest BCUT2D eigenvalue weighted by atomic mass is 16.5. The van der Waals surface area contributed by atoms with Gasteiger partial charge < -0.3 is 19.7 Å². The number of aryl methyl sites for hydroxylation is 1. The van der Waals surface area contributed by atoms with Crippen LogP contribution in [0.1, 0.15) is 16.1 Å². The van der Waals surface area contributed by atoms with E-state index < -0.39 is 11.9 Å². The summed E-state index contributed by atoms with van der Waals surface area (Å²) < 4.78 is 10.3. The minimum absolute atomic E-state index is 0.318. The Hall–Kier alpha value is -2.93. The zero-order valence-corrected chi connectivity index (χ0v) is 14.6. The molecule has 0 spiro atoms. The predicted molar refractivity (Wildman–Crippen MR) is 97.4 cm³/mol. The fourth-order valence-electron chi connectivity index (χ4n) is 2.58. The number of ether oxygens (including phenoxy) is 2. The summed E-state index contributed by atoms with van der Waals surface area (Å²) in [6.45, 7) is 4.64. The Labute approximate surface area is 151 Å². The van der Waals surface area contributed by atoms with Crippen molar-refractivity contribution in [3.8, 4) is 0 Å². The van der Waals surface area contributed by atoms with Crippen molar-refractivity contribution in [2.75, 3.05) is 43.1 Å². The highest BCUT2D eigenvalue weighted by molar-refractivity contribution is 5.95. The minimum Gasteiger partial charge on any atom is -0.452 e. The van der Waals surface area contributed by atoms with Gasteiger partial charge in [-0.25, -0.2) is 4.79 Å². The molecule has 1 aliphatic rings. The number of amides is 1. The Morgan fingerprint density at radius 3 is 2.54 bits per heavy atom. The maximum Gasteiger partial charge on any atom is 0.340 e. The van der Waals surface area contributed by atoms with Crippen LogP contribution >= 0.6 is 0 Å². The number of nitrogens with one attached hydrogen (secondary N) is 1. The monoisotopic (exact) mass is 355 g/mol. The van der Waals surface area contributed by atoms with Gasteiger partial charge in [0, 0.05) is 36.4 Å². The van der Waals surface area contributed by atoms with Crippen molar-refractivity contribution >= 4 is 23.3 Å². The summed E-state index contributed by atoms with van der Waals surface area (Å²) >= 11 is 0. The molecule has 2 aromatic rings. The molecule has 2 heterocycles. The van der Waals surface area contributed by atoms with Crippen LogP contribution in [0.5, 0.6) is 0 Å². The number of carbonyl (C=O) groups excluding carboxylic acids is 2. The number of rotatable bonds is 5. The molecule has 0 atom stereocenters. The molecule has 7 nitrogen and oxygen atoms in total. The molecule has 1 saturated heterocycles. The largest absolute Gasteiger partial charge is 0.452 e. The van der Waals surface area contributed by atoms with E-state index in [0.717, 1.165) is 37.7 Å². The standard InChI is InChI=1S/C19H21N3O4/c1-14-2-3-15(12-20-14)19(24)26-13-18(23)21-16-4-6-17(7-5-16)22-8-10-25-11-9-22/h2-7,12H,8-11,13H2,1H3,(H,21,23). The van der Waals surface area contributed by atoms with Crippen molar-refractivity contribution in [2.24, 2.45) is 0 Å². The van der Waals surface area contributed by atoms with Gasteiger partial charge >= 0.3 is 5.97 Å². The summed E-state index contributed by atoms with van der Waals surface area (Å²) in [5, 5.41) is 2.71. The number of pyridine rings is 1. The Bertz CT molecular complexity index is 753. The van der Waals surface area contributed by atoms with Crippen LogP contribution in [0.15, 0.2) is 42.6 Å². The highest BCUT2D eigenvalue weighted by Crippen LogP contribution is 2.19. The molecule has 1 aliphatic heterocycles. The lowest BCUT2D eigenvalue weighted by molar-refractivity contribution is -0.119. The molecule has 26 heavy (non-hydrogen) atoms. The lowest BCUT2D eigenvalue weighted by atomic mass is 10.2. The SMILES string of the molecule is Cc1ccc(C(=O)OCC(=O)Nc2ccc(N3CCOCC3)cc2)cn1. The molecule has 136 valence electrons. The summed E-state index contributed by atoms with van der Waals surface area (Å²) in [4.78, 5) is 30.1. The number of esters is 1. The van der Waals surface area contributed by atoms with Crippen LogP contribution in [0.25, 0.3) is 0 Å². The molecule has 1 N–H and O–H groups in total. The fourth-order valence-corrected chi connectivity index (χ4v) is 2.58. The molecule has 0 radical (unpaired) electrons. The van der Waals surface area contributed by atoms with E-state index in [4.69, 9.17) is 9.47 Å². The van der Waals surface area contributed by atoms with Crippen molar-refractivity contribution in [2.45, 2.75) is 6.92 Å². The second-order valence-electron chi connectivity index (χ2n) is 5.96. The van der Waals surface area contributed by atoms with Crippen molar-refractivity contribution in [1.82, 2.24) is 4.98 Å². The Morgan fingerprint density at radius 2 is 1.88 bits per heavy atom. The van der Waals surface area contributed by atoms with Gasteiger partial charge in [-0.05, 0) is 43.3 Å². The average Bonchev–Trinajstić information content (AvgIpc) is 2.68. The molecule has 7 heteroatoms. The quantitative estimate of drug-likeness (QED) is 0.827. The maximum absolute atomic E-state index is 12.0. The average molecular weight is 355 g/mol. The van der Waals surface area contributed by atoms with Crippen LogP contribution < -0.4 is 10.2 Å². The fraction of sp³-hybridized carbons (Fsp3) is 0.316. The summed E-state index contributed by atoms with van der Waals surface area (Å²) in [6, 6.07) is 10.9. The second-order valence-corrected chi connectivity index (χ2v) is 5.96. The van der Waals surface area contributed by atoms with E-state index in [1.165, 1.54) is 6.20 Å². The Balaban J connectivity index is 1.48. The maximum atomic E-state index is 12.0. The lowest BCUT2D eigenvalue weighted by Gasteiger charge is -2.28. The van der Waals surface area contributed by atoms with E-state index in [0.29, 0.717) is 11.3 Å². The Morgan fingerprint density at radius 1 is 1.15 bits per heavy atom. The predicted octanol–water partition coefficient (Wildman–Crippen LogP) is 2.02. The second kappa shape index (κ2) is 8.44. The normalized spacial score (nSPS) is 14.0. The van der Waals surface area contributed by atoms with E-state index in [1.807, 2.05) is 31.2 Å². The number of nitrogens with zero attached hydrogens (tertiary/aromatic N) is 2. The van der Waals surface area contributed by atoms with Gasteiger partial charge in [0.2, 0.25) is 0 Å². The number of hydrogen-bond acceptors (Lipinski definition) is 6. The molecular formula is C19H21N3O4. The topological polar surface area (TPSA) is 80.8 Å². The molecular weight excluding hydrogens is 334 g/mol. The van der Waals surface area contributed by atoms with Gasteiger partial charge in [-0.2, -0.15) is 0 Å². The van der Waals surface area contributed by atoms with Crippen LogP contribution in [-0.2, 0) is 14.3 Å². The van der Waals surface area contributed by atoms with Gasteiger partial charge in [0.25, 0.3) is 5.91 Å². The van der Waals surface area contributed by atoms with Crippen LogP contribution in [0.2, 0.25) is 0 Å². The van der Waals surface area contributed by atoms with Gasteiger partial charge in [-0.1, -0.05) is 0 Å². The number of carbonyl (C=O) groups is 2. The van der Waals surface area contributed by atoms with Gasteiger partial charge in [0.05, 0.1) is 18.8 Å². The molecule has 1 aromatic carbocycles. The first kappa shape index (κ1) is 17.9. The van der Waals surface area contributed by atoms with Crippen LogP contribution in [0.4, 0.5) is 11.4 Å². The van der Waals surface area contributed by atoms with Crippen molar-refractivity contribution in [3.05, 3.63) is 53.9 Å². The summed E-state index contributed by atoms with van der Waals surface area (Å²) in [5.74, 6) is -0.965. The number of aromatic nitrogens is 1. The Kier molecular flexibility index (Phi) is 5.80. The third-order valence-corrected chi connectivity index (χ3v) is 4.01. The van der Waals surface area contributed by atoms with Crippen molar-refractivity contribution in [3.63, 3.8) is 0 Å². The zero-order valence-electron chi connectivity index (χ0n) is 14.6. The zero-order chi connectivity index (χ0) is 18.4. The van der Waals surface area contributed by atoms with Gasteiger partial charge in [-0.15, -0.1) is 0 Å². The van der Waals surface area contributed by atoms with E-state index in [-0.39, 0.29) is 6.61 Å². The molecule has 1 fully saturated rings. The van der Waals surface area contributed by atoms with Crippen molar-refractivity contribution < 1.29 is 19.1 Å². The summed E-state index contributed by atoms with van der Waals surface area (Å²) in [7, 11) is 0. The molecule has 0 saturated carbocycles. The van der Waals surface area contributed by atoms with Gasteiger partial charge in [0.15, 0.2) is 6.61 Å². The van der Waals surface area contributed by atoms with E-state index in [9.17, 15) is 9.59 Å². The third kappa shape index (κ3) is 4.80. The lowest BCUT2D eigenvalue weighted by Crippen LogP contribution is -2.36. The minimum atomic E-state index is -0.574. The summed E-state index contributed by atoms with van der Waals surface area (Å²) in [6.07, 6.45) is 1.43. The van der Waals surface area contributed by atoms with Gasteiger partial charge in [0.1, 0.15) is 0 Å². The van der Waals surface area contributed by atoms with E-state index in [2.05, 4.69) is 15.2 Å². The first-order valence-electron chi connectivity index (χ1n) is 8.44. The third-order valence-electron chi connectivity index (χ3n) is 4.01. The molecule has 0 aliphatic carbocycles. The highest BCUT2D eigenvalue weighted by Gasteiger charge is 2.12. The molecule has 1 aromatic heterocycles. The summed E-state index contributed by atoms with van der Waals surface area (Å²) in [5.41, 5.74) is 2.86. The molecule has 0 unspecified atom stereocenters.